The Hall–Kier alpha value is -0.570. The monoisotopic (exact) mass is 173 g/mol. The summed E-state index contributed by atoms with van der Waals surface area (Å²) in [7, 11) is 0. The van der Waals surface area contributed by atoms with Gasteiger partial charge in [0.1, 0.15) is 0 Å². The first-order valence-corrected chi connectivity index (χ1v) is 4.59. The van der Waals surface area contributed by atoms with Crippen LogP contribution in [0.5, 0.6) is 0 Å². The summed E-state index contributed by atoms with van der Waals surface area (Å²) in [6.45, 7) is 5.04. The van der Waals surface area contributed by atoms with Crippen molar-refractivity contribution in [2.24, 2.45) is 11.7 Å². The van der Waals surface area contributed by atoms with Crippen molar-refractivity contribution in [3.63, 3.8) is 0 Å². The molecule has 0 aromatic heterocycles. The molecule has 0 aliphatic heterocycles. The van der Waals surface area contributed by atoms with Gasteiger partial charge in [-0.25, -0.2) is 0 Å². The van der Waals surface area contributed by atoms with Gasteiger partial charge in [0.25, 0.3) is 0 Å². The van der Waals surface area contributed by atoms with Gasteiger partial charge < -0.3 is 10.5 Å². The van der Waals surface area contributed by atoms with E-state index in [1.807, 2.05) is 13.8 Å². The van der Waals surface area contributed by atoms with Gasteiger partial charge in [0.2, 0.25) is 0 Å². The van der Waals surface area contributed by atoms with E-state index in [1.54, 1.807) is 0 Å². The second-order valence-corrected chi connectivity index (χ2v) is 3.00. The summed E-state index contributed by atoms with van der Waals surface area (Å²) < 4.78 is 4.97. The molecule has 3 heteroatoms. The van der Waals surface area contributed by atoms with Crippen LogP contribution < -0.4 is 5.73 Å². The van der Waals surface area contributed by atoms with Crippen molar-refractivity contribution in [3.8, 4) is 0 Å². The fourth-order valence-corrected chi connectivity index (χ4v) is 0.887. The van der Waals surface area contributed by atoms with E-state index in [1.165, 1.54) is 0 Å². The van der Waals surface area contributed by atoms with Crippen LogP contribution in [0.3, 0.4) is 0 Å². The maximum absolute atomic E-state index is 11.1. The lowest BCUT2D eigenvalue weighted by Crippen LogP contribution is -2.16. The highest BCUT2D eigenvalue weighted by Crippen LogP contribution is 2.06. The molecule has 3 nitrogen and oxygen atoms in total. The number of esters is 1. The van der Waals surface area contributed by atoms with E-state index in [4.69, 9.17) is 10.5 Å². The van der Waals surface area contributed by atoms with Crippen molar-refractivity contribution in [2.45, 2.75) is 33.1 Å². The molecule has 0 amide bonds. The number of hydrogen-bond donors (Lipinski definition) is 1. The lowest BCUT2D eigenvalue weighted by atomic mass is 10.1. The van der Waals surface area contributed by atoms with Crippen molar-refractivity contribution in [2.75, 3.05) is 13.2 Å². The smallest absolute Gasteiger partial charge is 0.308 e. The average molecular weight is 173 g/mol. The third-order valence-corrected chi connectivity index (χ3v) is 1.69. The summed E-state index contributed by atoms with van der Waals surface area (Å²) in [5, 5.41) is 0. The van der Waals surface area contributed by atoms with Crippen LogP contribution in [0.1, 0.15) is 33.1 Å². The maximum atomic E-state index is 11.1. The highest BCUT2D eigenvalue weighted by Gasteiger charge is 2.12. The van der Waals surface area contributed by atoms with E-state index in [9.17, 15) is 4.79 Å². The van der Waals surface area contributed by atoms with E-state index in [-0.39, 0.29) is 11.9 Å². The van der Waals surface area contributed by atoms with Crippen LogP contribution in [0.25, 0.3) is 0 Å². The molecule has 0 saturated heterocycles. The first-order valence-electron chi connectivity index (χ1n) is 4.59. The molecule has 2 N–H and O–H groups in total. The van der Waals surface area contributed by atoms with Crippen LogP contribution in [-0.4, -0.2) is 19.1 Å². The summed E-state index contributed by atoms with van der Waals surface area (Å²) >= 11 is 0. The molecule has 0 aliphatic rings. The largest absolute Gasteiger partial charge is 0.465 e. The van der Waals surface area contributed by atoms with Crippen LogP contribution >= 0.6 is 0 Å². The Bertz CT molecular complexity index is 126. The topological polar surface area (TPSA) is 52.3 Å². The number of hydrogen-bond acceptors (Lipinski definition) is 3. The lowest BCUT2D eigenvalue weighted by molar-refractivity contribution is -0.148. The first-order chi connectivity index (χ1) is 5.72. The summed E-state index contributed by atoms with van der Waals surface area (Å²) in [6, 6.07) is 0. The molecule has 0 aromatic rings. The van der Waals surface area contributed by atoms with Gasteiger partial charge in [-0.15, -0.1) is 0 Å². The van der Waals surface area contributed by atoms with Crippen LogP contribution in [-0.2, 0) is 9.53 Å². The molecule has 0 bridgehead atoms. The number of nitrogens with two attached hydrogens (primary N) is 1. The highest BCUT2D eigenvalue weighted by molar-refractivity contribution is 5.71. The third kappa shape index (κ3) is 5.13. The Morgan fingerprint density at radius 2 is 2.25 bits per heavy atom. The van der Waals surface area contributed by atoms with Crippen molar-refractivity contribution in [1.29, 1.82) is 0 Å². The van der Waals surface area contributed by atoms with Crippen LogP contribution in [0.2, 0.25) is 0 Å². The predicted octanol–water partition coefficient (Wildman–Crippen LogP) is 1.31. The van der Waals surface area contributed by atoms with E-state index < -0.39 is 0 Å². The molecular formula is C9H19NO2. The lowest BCUT2D eigenvalue weighted by Gasteiger charge is -2.09. The minimum absolute atomic E-state index is 0.0000926. The minimum Gasteiger partial charge on any atom is -0.465 e. The quantitative estimate of drug-likeness (QED) is 0.616. The Kier molecular flexibility index (Phi) is 6.76. The Morgan fingerprint density at radius 3 is 2.75 bits per heavy atom. The molecule has 0 radical (unpaired) electrons. The van der Waals surface area contributed by atoms with E-state index in [0.29, 0.717) is 13.2 Å². The molecular weight excluding hydrogens is 154 g/mol. The molecule has 0 saturated carbocycles. The fraction of sp³-hybridized carbons (Fsp3) is 0.889. The summed E-state index contributed by atoms with van der Waals surface area (Å²) in [4.78, 5) is 11.1. The Morgan fingerprint density at radius 1 is 1.58 bits per heavy atom. The molecule has 0 rings (SSSR count). The maximum Gasteiger partial charge on any atom is 0.308 e. The van der Waals surface area contributed by atoms with Gasteiger partial charge >= 0.3 is 5.97 Å². The van der Waals surface area contributed by atoms with Crippen LogP contribution in [0.4, 0.5) is 0 Å². The van der Waals surface area contributed by atoms with Gasteiger partial charge in [-0.3, -0.25) is 4.79 Å². The number of carbonyl (C=O) groups excluding carboxylic acids is 1. The number of rotatable bonds is 6. The summed E-state index contributed by atoms with van der Waals surface area (Å²) in [5.41, 5.74) is 5.32. The van der Waals surface area contributed by atoms with Gasteiger partial charge in [-0.05, 0) is 25.8 Å². The molecule has 72 valence electrons. The molecule has 1 atom stereocenters. The normalized spacial score (nSPS) is 12.6. The second-order valence-electron chi connectivity index (χ2n) is 3.00. The molecule has 0 aromatic carbocycles. The van der Waals surface area contributed by atoms with Crippen molar-refractivity contribution in [1.82, 2.24) is 0 Å². The van der Waals surface area contributed by atoms with Gasteiger partial charge in [0, 0.05) is 0 Å². The first kappa shape index (κ1) is 11.4. The zero-order valence-electron chi connectivity index (χ0n) is 8.01. The Balaban J connectivity index is 3.47. The Labute approximate surface area is 74.3 Å². The molecule has 12 heavy (non-hydrogen) atoms. The van der Waals surface area contributed by atoms with Gasteiger partial charge in [0.15, 0.2) is 0 Å². The standard InChI is InChI=1S/C9H19NO2/c1-3-7-12-9(11)8(2)5-4-6-10/h8H,3-7,10H2,1-2H3. The van der Waals surface area contributed by atoms with Crippen LogP contribution in [0, 0.1) is 5.92 Å². The second kappa shape index (κ2) is 7.10. The van der Waals surface area contributed by atoms with E-state index in [0.717, 1.165) is 19.3 Å². The van der Waals surface area contributed by atoms with Gasteiger partial charge in [-0.1, -0.05) is 13.8 Å². The van der Waals surface area contributed by atoms with Crippen molar-refractivity contribution in [3.05, 3.63) is 0 Å². The van der Waals surface area contributed by atoms with Crippen molar-refractivity contribution >= 4 is 5.97 Å². The van der Waals surface area contributed by atoms with Gasteiger partial charge in [-0.2, -0.15) is 0 Å². The average Bonchev–Trinajstić information content (AvgIpc) is 2.10. The predicted molar refractivity (Wildman–Crippen MR) is 48.7 cm³/mol. The van der Waals surface area contributed by atoms with Crippen molar-refractivity contribution < 1.29 is 9.53 Å². The summed E-state index contributed by atoms with van der Waals surface area (Å²) in [5.74, 6) is -0.0922. The fourth-order valence-electron chi connectivity index (χ4n) is 0.887. The van der Waals surface area contributed by atoms with Gasteiger partial charge in [0.05, 0.1) is 12.5 Å². The summed E-state index contributed by atoms with van der Waals surface area (Å²) in [6.07, 6.45) is 2.61. The SMILES string of the molecule is CCCOC(=O)C(C)CCCN. The highest BCUT2D eigenvalue weighted by atomic mass is 16.5. The third-order valence-electron chi connectivity index (χ3n) is 1.69. The molecule has 0 fully saturated rings. The van der Waals surface area contributed by atoms with E-state index in [2.05, 4.69) is 0 Å². The zero-order chi connectivity index (χ0) is 9.40. The molecule has 0 aliphatic carbocycles. The number of ether oxygens (including phenoxy) is 1. The molecule has 0 spiro atoms. The molecule has 1 unspecified atom stereocenters. The van der Waals surface area contributed by atoms with E-state index >= 15 is 0 Å². The molecule has 0 heterocycles. The minimum atomic E-state index is -0.0923. The number of carbonyl (C=O) groups is 1. The van der Waals surface area contributed by atoms with Crippen LogP contribution in [0.15, 0.2) is 0 Å². The zero-order valence-corrected chi connectivity index (χ0v) is 8.01.